The number of methoxy groups -OCH3 is 1. The van der Waals surface area contributed by atoms with Crippen LogP contribution in [0.2, 0.25) is 0 Å². The molecule has 2 N–H and O–H groups in total. The molecule has 0 saturated carbocycles. The molecular weight excluding hydrogens is 436 g/mol. The van der Waals surface area contributed by atoms with E-state index in [9.17, 15) is 14.7 Å². The van der Waals surface area contributed by atoms with Gasteiger partial charge < -0.3 is 24.8 Å². The molecule has 3 aliphatic rings. The third-order valence-corrected chi connectivity index (χ3v) is 7.23. The van der Waals surface area contributed by atoms with Crippen LogP contribution in [0.4, 0.5) is 0 Å². The number of nitrogens with zero attached hydrogens (tertiary/aromatic N) is 3. The molecule has 1 aliphatic carbocycles. The number of amides is 1. The van der Waals surface area contributed by atoms with Crippen molar-refractivity contribution >= 4 is 11.9 Å². The Balaban J connectivity index is 1.30. The van der Waals surface area contributed by atoms with Crippen molar-refractivity contribution in [1.82, 2.24) is 15.2 Å². The Morgan fingerprint density at radius 3 is 2.88 bits per heavy atom. The number of nitrogens with one attached hydrogen (secondary N) is 1. The molecule has 1 unspecified atom stereocenters. The number of carbonyl (C=O) groups excluding carboxylic acids is 2. The molecule has 1 aromatic heterocycles. The predicted molar refractivity (Wildman–Crippen MR) is 123 cm³/mol. The van der Waals surface area contributed by atoms with Crippen LogP contribution in [0, 0.1) is 16.7 Å². The lowest BCUT2D eigenvalue weighted by Gasteiger charge is -2.35. The van der Waals surface area contributed by atoms with Crippen molar-refractivity contribution in [1.29, 1.82) is 5.26 Å². The minimum absolute atomic E-state index is 0.00411. The van der Waals surface area contributed by atoms with E-state index in [0.717, 1.165) is 42.7 Å². The van der Waals surface area contributed by atoms with Gasteiger partial charge in [-0.15, -0.1) is 0 Å². The minimum Gasteiger partial charge on any atom is -0.495 e. The number of allylic oxidation sites excluding steroid dienone is 1. The number of ether oxygens (including phenoxy) is 2. The van der Waals surface area contributed by atoms with E-state index in [1.54, 1.807) is 0 Å². The minimum atomic E-state index is -0.644. The van der Waals surface area contributed by atoms with Gasteiger partial charge in [0.15, 0.2) is 0 Å². The molecule has 2 saturated heterocycles. The Labute approximate surface area is 199 Å². The van der Waals surface area contributed by atoms with Crippen LogP contribution in [0.5, 0.6) is 5.75 Å². The summed E-state index contributed by atoms with van der Waals surface area (Å²) in [4.78, 5) is 31.0. The maximum atomic E-state index is 12.6. The molecule has 2 aliphatic heterocycles. The summed E-state index contributed by atoms with van der Waals surface area (Å²) in [7, 11) is 1.45. The average Bonchev–Trinajstić information content (AvgIpc) is 3.14. The number of nitriles is 1. The first kappa shape index (κ1) is 23.9. The first-order chi connectivity index (χ1) is 16.3. The summed E-state index contributed by atoms with van der Waals surface area (Å²) in [6.07, 6.45) is 4.73. The number of piperidine rings is 1. The van der Waals surface area contributed by atoms with E-state index in [-0.39, 0.29) is 29.2 Å². The van der Waals surface area contributed by atoms with E-state index in [4.69, 9.17) is 14.7 Å². The molecular formula is C25H30N4O5. The summed E-state index contributed by atoms with van der Waals surface area (Å²) in [5, 5.41) is 23.0. The quantitative estimate of drug-likeness (QED) is 0.608. The van der Waals surface area contributed by atoms with Gasteiger partial charge in [-0.3, -0.25) is 9.59 Å². The number of esters is 1. The van der Waals surface area contributed by atoms with Crippen LogP contribution in [0.15, 0.2) is 35.1 Å². The molecule has 9 nitrogen and oxygen atoms in total. The van der Waals surface area contributed by atoms with Crippen molar-refractivity contribution in [2.24, 2.45) is 5.41 Å². The molecule has 180 valence electrons. The van der Waals surface area contributed by atoms with Gasteiger partial charge in [0, 0.05) is 37.9 Å². The number of pyridine rings is 1. The van der Waals surface area contributed by atoms with Crippen molar-refractivity contribution in [2.45, 2.75) is 45.3 Å². The molecule has 2 atom stereocenters. The van der Waals surface area contributed by atoms with Crippen molar-refractivity contribution in [3.8, 4) is 11.8 Å². The zero-order valence-electron chi connectivity index (χ0n) is 19.8. The van der Waals surface area contributed by atoms with Crippen LogP contribution in [-0.4, -0.2) is 72.4 Å². The Morgan fingerprint density at radius 1 is 1.47 bits per heavy atom. The Bertz CT molecular complexity index is 1100. The summed E-state index contributed by atoms with van der Waals surface area (Å²) in [5.41, 5.74) is 2.70. The normalized spacial score (nSPS) is 24.1. The molecule has 0 radical (unpaired) electrons. The Morgan fingerprint density at radius 2 is 2.21 bits per heavy atom. The van der Waals surface area contributed by atoms with E-state index in [1.165, 1.54) is 19.4 Å². The van der Waals surface area contributed by atoms with Crippen LogP contribution < -0.4 is 10.1 Å². The second-order valence-electron chi connectivity index (χ2n) is 9.32. The zero-order chi connectivity index (χ0) is 24.5. The van der Waals surface area contributed by atoms with Gasteiger partial charge >= 0.3 is 5.97 Å². The highest BCUT2D eigenvalue weighted by molar-refractivity contribution is 5.93. The number of likely N-dealkylation sites (tertiary alicyclic amines) is 1. The number of aliphatic hydroxyl groups excluding tert-OH is 1. The number of cyclic esters (lactones) is 1. The van der Waals surface area contributed by atoms with Crippen LogP contribution >= 0.6 is 0 Å². The van der Waals surface area contributed by atoms with Gasteiger partial charge in [0.1, 0.15) is 29.7 Å². The van der Waals surface area contributed by atoms with Crippen LogP contribution in [0.3, 0.4) is 0 Å². The highest BCUT2D eigenvalue weighted by atomic mass is 16.5. The zero-order valence-corrected chi connectivity index (χ0v) is 19.8. The number of rotatable bonds is 6. The number of carbonyl (C=O) groups is 2. The van der Waals surface area contributed by atoms with Crippen LogP contribution in [0.25, 0.3) is 0 Å². The summed E-state index contributed by atoms with van der Waals surface area (Å²) >= 11 is 0. The molecule has 1 amide bonds. The lowest BCUT2D eigenvalue weighted by Crippen LogP contribution is -2.47. The fourth-order valence-corrected chi connectivity index (χ4v) is 5.01. The van der Waals surface area contributed by atoms with E-state index < -0.39 is 11.5 Å². The van der Waals surface area contributed by atoms with Gasteiger partial charge in [-0.1, -0.05) is 6.08 Å². The standard InChI is InChI=1S/C25H30N4O5/c1-15-18(4-7-25(2)19(15)14-34-24(25)32)21(30)13-29-8-5-17(6-9-29)28-23(31)20-10-22(33-3)16(11-26)12-27-20/h4,10,12,17,21,30H,5-9,13-14H2,1-3H3,(H,28,31)/t21-,25?/m0/s1. The van der Waals surface area contributed by atoms with Gasteiger partial charge in [0.25, 0.3) is 5.91 Å². The number of aromatic nitrogens is 1. The molecule has 1 aromatic rings. The number of hydrogen-bond donors (Lipinski definition) is 2. The number of fused-ring (bicyclic) bond motifs is 1. The molecule has 34 heavy (non-hydrogen) atoms. The smallest absolute Gasteiger partial charge is 0.316 e. The second-order valence-corrected chi connectivity index (χ2v) is 9.32. The maximum absolute atomic E-state index is 12.6. The molecule has 0 aromatic carbocycles. The van der Waals surface area contributed by atoms with Gasteiger partial charge in [0.05, 0.1) is 18.6 Å². The Kier molecular flexibility index (Phi) is 6.73. The Hall–Kier alpha value is -3.22. The summed E-state index contributed by atoms with van der Waals surface area (Å²) in [5.74, 6) is -0.166. The van der Waals surface area contributed by atoms with Crippen molar-refractivity contribution in [3.63, 3.8) is 0 Å². The van der Waals surface area contributed by atoms with Gasteiger partial charge in [-0.05, 0) is 49.8 Å². The van der Waals surface area contributed by atoms with Crippen LogP contribution in [-0.2, 0) is 9.53 Å². The number of hydrogen-bond acceptors (Lipinski definition) is 8. The molecule has 9 heteroatoms. The van der Waals surface area contributed by atoms with E-state index >= 15 is 0 Å². The third-order valence-electron chi connectivity index (χ3n) is 7.23. The summed E-state index contributed by atoms with van der Waals surface area (Å²) in [6, 6.07) is 3.46. The van der Waals surface area contributed by atoms with Crippen molar-refractivity contribution in [2.75, 3.05) is 33.4 Å². The highest BCUT2D eigenvalue weighted by Gasteiger charge is 2.47. The lowest BCUT2D eigenvalue weighted by atomic mass is 9.73. The van der Waals surface area contributed by atoms with Gasteiger partial charge in [-0.25, -0.2) is 4.98 Å². The average molecular weight is 467 g/mol. The first-order valence-corrected chi connectivity index (χ1v) is 11.5. The number of β-amino-alcohol motifs (C(OH)–C–C–N with tert-alkyl or cyclic N) is 1. The van der Waals surface area contributed by atoms with E-state index in [1.807, 2.05) is 26.0 Å². The molecule has 4 rings (SSSR count). The van der Waals surface area contributed by atoms with Gasteiger partial charge in [0.2, 0.25) is 0 Å². The summed E-state index contributed by atoms with van der Waals surface area (Å²) < 4.78 is 10.4. The van der Waals surface area contributed by atoms with E-state index in [0.29, 0.717) is 25.3 Å². The largest absolute Gasteiger partial charge is 0.495 e. The third kappa shape index (κ3) is 4.43. The monoisotopic (exact) mass is 466 g/mol. The molecule has 3 heterocycles. The second kappa shape index (κ2) is 9.57. The fourth-order valence-electron chi connectivity index (χ4n) is 5.01. The fraction of sp³-hybridized carbons (Fsp3) is 0.520. The highest BCUT2D eigenvalue weighted by Crippen LogP contribution is 2.45. The van der Waals surface area contributed by atoms with Gasteiger partial charge in [-0.2, -0.15) is 5.26 Å². The lowest BCUT2D eigenvalue weighted by molar-refractivity contribution is -0.145. The number of aliphatic hydroxyl groups is 1. The molecule has 0 bridgehead atoms. The van der Waals surface area contributed by atoms with E-state index in [2.05, 4.69) is 15.2 Å². The van der Waals surface area contributed by atoms with Crippen molar-refractivity contribution in [3.05, 3.63) is 46.3 Å². The summed E-state index contributed by atoms with van der Waals surface area (Å²) in [6.45, 7) is 6.15. The predicted octanol–water partition coefficient (Wildman–Crippen LogP) is 1.73. The van der Waals surface area contributed by atoms with Crippen LogP contribution in [0.1, 0.15) is 49.2 Å². The molecule has 0 spiro atoms. The SMILES string of the molecule is COc1cc(C(=O)NC2CCN(C[C@H](O)C3=CCC4(C)C(=O)OCC4=C3C)CC2)ncc1C#N. The molecule has 2 fully saturated rings. The van der Waals surface area contributed by atoms with Crippen molar-refractivity contribution < 1.29 is 24.2 Å². The first-order valence-electron chi connectivity index (χ1n) is 11.5. The maximum Gasteiger partial charge on any atom is 0.316 e. The topological polar surface area (TPSA) is 125 Å².